The van der Waals surface area contributed by atoms with Gasteiger partial charge in [-0.15, -0.1) is 0 Å². The van der Waals surface area contributed by atoms with E-state index in [4.69, 9.17) is 4.52 Å². The van der Waals surface area contributed by atoms with Crippen LogP contribution < -0.4 is 10.6 Å². The van der Waals surface area contributed by atoms with Crippen LogP contribution in [0, 0.1) is 6.92 Å². The Hall–Kier alpha value is -2.19. The summed E-state index contributed by atoms with van der Waals surface area (Å²) in [6.07, 6.45) is 0. The Bertz CT molecular complexity index is 928. The van der Waals surface area contributed by atoms with Gasteiger partial charge in [-0.05, 0) is 49.6 Å². The number of hydrogen-bond donors (Lipinski definition) is 1. The predicted octanol–water partition coefficient (Wildman–Crippen LogP) is 5.98. The van der Waals surface area contributed by atoms with Crippen molar-refractivity contribution in [2.24, 2.45) is 0 Å². The highest BCUT2D eigenvalue weighted by molar-refractivity contribution is 7.67. The van der Waals surface area contributed by atoms with Crippen LogP contribution in [-0.2, 0) is 9.09 Å². The first-order valence-electron chi connectivity index (χ1n) is 9.72. The minimum Gasteiger partial charge on any atom is -0.324 e. The first-order valence-corrected chi connectivity index (χ1v) is 11.4. The Morgan fingerprint density at radius 1 is 0.893 bits per heavy atom. The van der Waals surface area contributed by atoms with E-state index < -0.39 is 13.2 Å². The SMILES string of the molecule is CCOP(=O)(c1ccccc1)C(N[C@@H](C)c1ccccc1)c1ccccc1C. The summed E-state index contributed by atoms with van der Waals surface area (Å²) >= 11 is 0. The van der Waals surface area contributed by atoms with Crippen LogP contribution in [0.3, 0.4) is 0 Å². The summed E-state index contributed by atoms with van der Waals surface area (Å²) in [4.78, 5) is 0. The Morgan fingerprint density at radius 3 is 2.07 bits per heavy atom. The van der Waals surface area contributed by atoms with E-state index >= 15 is 0 Å². The molecule has 3 nitrogen and oxygen atoms in total. The standard InChI is InChI=1S/C24H28NO2P/c1-4-27-28(26,22-16-9-6-10-17-22)24(23-18-12-11-13-19(23)2)25-20(3)21-14-7-5-8-15-21/h5-18,20,24-25H,4H2,1-3H3/t20-,24?,28?/m0/s1. The fraction of sp³-hybridized carbons (Fsp3) is 0.250. The average Bonchev–Trinajstić information content (AvgIpc) is 2.74. The molecule has 0 radical (unpaired) electrons. The van der Waals surface area contributed by atoms with E-state index in [0.29, 0.717) is 6.61 Å². The molecule has 4 heteroatoms. The number of nitrogens with one attached hydrogen (secondary N) is 1. The maximum atomic E-state index is 14.3. The molecule has 1 N–H and O–H groups in total. The lowest BCUT2D eigenvalue weighted by molar-refractivity contribution is 0.324. The zero-order chi connectivity index (χ0) is 20.0. The molecule has 0 saturated carbocycles. The second-order valence-corrected chi connectivity index (χ2v) is 9.39. The highest BCUT2D eigenvalue weighted by atomic mass is 31.2. The first kappa shape index (κ1) is 20.5. The third-order valence-corrected chi connectivity index (χ3v) is 7.73. The van der Waals surface area contributed by atoms with E-state index in [9.17, 15) is 4.57 Å². The topological polar surface area (TPSA) is 38.3 Å². The molecule has 2 unspecified atom stereocenters. The van der Waals surface area contributed by atoms with E-state index in [1.165, 1.54) is 0 Å². The summed E-state index contributed by atoms with van der Waals surface area (Å²) in [7, 11) is -3.22. The van der Waals surface area contributed by atoms with Crippen molar-refractivity contribution in [1.82, 2.24) is 5.32 Å². The van der Waals surface area contributed by atoms with Crippen LogP contribution in [0.1, 0.15) is 42.4 Å². The van der Waals surface area contributed by atoms with Gasteiger partial charge in [-0.1, -0.05) is 72.8 Å². The van der Waals surface area contributed by atoms with Crippen molar-refractivity contribution in [2.75, 3.05) is 6.61 Å². The van der Waals surface area contributed by atoms with Crippen molar-refractivity contribution in [3.8, 4) is 0 Å². The van der Waals surface area contributed by atoms with Crippen LogP contribution in [0.25, 0.3) is 0 Å². The molecule has 146 valence electrons. The molecule has 3 aromatic rings. The molecular weight excluding hydrogens is 365 g/mol. The monoisotopic (exact) mass is 393 g/mol. The highest BCUT2D eigenvalue weighted by Gasteiger charge is 2.38. The molecule has 0 aromatic heterocycles. The van der Waals surface area contributed by atoms with E-state index in [2.05, 4.69) is 37.4 Å². The fourth-order valence-corrected chi connectivity index (χ4v) is 6.11. The maximum Gasteiger partial charge on any atom is 0.252 e. The number of aryl methyl sites for hydroxylation is 1. The van der Waals surface area contributed by atoms with Crippen molar-refractivity contribution in [1.29, 1.82) is 0 Å². The number of rotatable bonds is 8. The summed E-state index contributed by atoms with van der Waals surface area (Å²) < 4.78 is 20.4. The van der Waals surface area contributed by atoms with Gasteiger partial charge >= 0.3 is 0 Å². The van der Waals surface area contributed by atoms with Gasteiger partial charge in [0.1, 0.15) is 5.78 Å². The lowest BCUT2D eigenvalue weighted by Gasteiger charge is -2.32. The normalized spacial score (nSPS) is 15.5. The summed E-state index contributed by atoms with van der Waals surface area (Å²) in [5.41, 5.74) is 3.25. The summed E-state index contributed by atoms with van der Waals surface area (Å²) in [5, 5.41) is 4.36. The predicted molar refractivity (Wildman–Crippen MR) is 117 cm³/mol. The third-order valence-electron chi connectivity index (χ3n) is 4.97. The smallest absolute Gasteiger partial charge is 0.252 e. The van der Waals surface area contributed by atoms with E-state index in [0.717, 1.165) is 22.0 Å². The minimum atomic E-state index is -3.22. The Balaban J connectivity index is 2.09. The second kappa shape index (κ2) is 9.34. The largest absolute Gasteiger partial charge is 0.324 e. The zero-order valence-electron chi connectivity index (χ0n) is 16.7. The van der Waals surface area contributed by atoms with Crippen molar-refractivity contribution < 1.29 is 9.09 Å². The quantitative estimate of drug-likeness (QED) is 0.478. The molecule has 3 aromatic carbocycles. The second-order valence-electron chi connectivity index (χ2n) is 6.91. The molecule has 0 aliphatic carbocycles. The highest BCUT2D eigenvalue weighted by Crippen LogP contribution is 2.58. The van der Waals surface area contributed by atoms with E-state index in [1.54, 1.807) is 0 Å². The lowest BCUT2D eigenvalue weighted by atomic mass is 10.1. The number of hydrogen-bond acceptors (Lipinski definition) is 3. The molecule has 3 rings (SSSR count). The Morgan fingerprint density at radius 2 is 1.46 bits per heavy atom. The van der Waals surface area contributed by atoms with Gasteiger partial charge in [0.05, 0.1) is 6.61 Å². The molecule has 0 amide bonds. The van der Waals surface area contributed by atoms with Crippen LogP contribution in [0.5, 0.6) is 0 Å². The average molecular weight is 393 g/mol. The van der Waals surface area contributed by atoms with Crippen LogP contribution in [0.2, 0.25) is 0 Å². The molecule has 0 bridgehead atoms. The first-order chi connectivity index (χ1) is 13.6. The van der Waals surface area contributed by atoms with Crippen LogP contribution in [0.15, 0.2) is 84.9 Å². The molecule has 0 fully saturated rings. The number of benzene rings is 3. The van der Waals surface area contributed by atoms with Gasteiger partial charge in [0.2, 0.25) is 0 Å². The summed E-state index contributed by atoms with van der Waals surface area (Å²) in [6.45, 7) is 6.43. The van der Waals surface area contributed by atoms with Gasteiger partial charge in [-0.2, -0.15) is 0 Å². The molecule has 0 aliphatic rings. The fourth-order valence-electron chi connectivity index (χ4n) is 3.47. The van der Waals surface area contributed by atoms with Crippen LogP contribution in [0.4, 0.5) is 0 Å². The molecule has 0 saturated heterocycles. The van der Waals surface area contributed by atoms with Crippen molar-refractivity contribution in [3.05, 3.63) is 102 Å². The van der Waals surface area contributed by atoms with Gasteiger partial charge in [-0.3, -0.25) is 9.88 Å². The van der Waals surface area contributed by atoms with Crippen LogP contribution in [-0.4, -0.2) is 6.61 Å². The molecule has 0 spiro atoms. The molecule has 0 heterocycles. The molecule has 28 heavy (non-hydrogen) atoms. The van der Waals surface area contributed by atoms with Gasteiger partial charge in [0.25, 0.3) is 7.37 Å². The summed E-state index contributed by atoms with van der Waals surface area (Å²) in [5.74, 6) is -0.439. The van der Waals surface area contributed by atoms with E-state index in [1.807, 2.05) is 73.7 Å². The maximum absolute atomic E-state index is 14.3. The van der Waals surface area contributed by atoms with Crippen LogP contribution >= 0.6 is 7.37 Å². The minimum absolute atomic E-state index is 0.0169. The zero-order valence-corrected chi connectivity index (χ0v) is 17.6. The Kier molecular flexibility index (Phi) is 6.85. The van der Waals surface area contributed by atoms with E-state index in [-0.39, 0.29) is 6.04 Å². The lowest BCUT2D eigenvalue weighted by Crippen LogP contribution is -2.29. The summed E-state index contributed by atoms with van der Waals surface area (Å²) in [6, 6.07) is 27.9. The van der Waals surface area contributed by atoms with Crippen molar-refractivity contribution in [2.45, 2.75) is 32.6 Å². The molecular formula is C24H28NO2P. The van der Waals surface area contributed by atoms with Crippen molar-refractivity contribution in [3.63, 3.8) is 0 Å². The molecule has 0 aliphatic heterocycles. The third kappa shape index (κ3) is 4.44. The van der Waals surface area contributed by atoms with Gasteiger partial charge in [0, 0.05) is 11.3 Å². The Labute approximate surface area is 168 Å². The van der Waals surface area contributed by atoms with Gasteiger partial charge in [0.15, 0.2) is 0 Å². The molecule has 3 atom stereocenters. The van der Waals surface area contributed by atoms with Gasteiger partial charge < -0.3 is 4.52 Å². The van der Waals surface area contributed by atoms with Crippen molar-refractivity contribution >= 4 is 12.7 Å². The van der Waals surface area contributed by atoms with Gasteiger partial charge in [-0.25, -0.2) is 0 Å².